The molecule has 2 amide bonds. The third-order valence-electron chi connectivity index (χ3n) is 4.43. The lowest BCUT2D eigenvalue weighted by atomic mass is 10.0. The van der Waals surface area contributed by atoms with Crippen LogP contribution in [-0.4, -0.2) is 62.1 Å². The van der Waals surface area contributed by atoms with Gasteiger partial charge in [-0.2, -0.15) is 0 Å². The van der Waals surface area contributed by atoms with Crippen LogP contribution in [0.5, 0.6) is 0 Å². The molecule has 1 saturated heterocycles. The molecule has 0 aromatic heterocycles. The Bertz CT molecular complexity index is 376. The Morgan fingerprint density at radius 1 is 1.24 bits per heavy atom. The molecule has 1 atom stereocenters. The molecule has 120 valence electrons. The molecule has 1 aliphatic heterocycles. The largest absolute Gasteiger partial charge is 0.379 e. The van der Waals surface area contributed by atoms with E-state index < -0.39 is 5.41 Å². The van der Waals surface area contributed by atoms with Crippen LogP contribution in [0.3, 0.4) is 0 Å². The van der Waals surface area contributed by atoms with E-state index in [1.807, 2.05) is 13.8 Å². The minimum Gasteiger partial charge on any atom is -0.379 e. The van der Waals surface area contributed by atoms with E-state index >= 15 is 0 Å². The van der Waals surface area contributed by atoms with E-state index in [2.05, 4.69) is 15.5 Å². The van der Waals surface area contributed by atoms with Gasteiger partial charge in [0, 0.05) is 32.2 Å². The van der Waals surface area contributed by atoms with Gasteiger partial charge in [0.05, 0.1) is 13.2 Å². The van der Waals surface area contributed by atoms with Crippen LogP contribution in [0.1, 0.15) is 33.1 Å². The number of amides is 2. The zero-order valence-electron chi connectivity index (χ0n) is 13.1. The molecule has 21 heavy (non-hydrogen) atoms. The first-order valence-corrected chi connectivity index (χ1v) is 7.98. The number of nitrogens with one attached hydrogen (secondary N) is 2. The lowest BCUT2D eigenvalue weighted by molar-refractivity contribution is -0.137. The highest BCUT2D eigenvalue weighted by molar-refractivity contribution is 6.07. The summed E-state index contributed by atoms with van der Waals surface area (Å²) < 4.78 is 5.29. The van der Waals surface area contributed by atoms with Gasteiger partial charge in [0.1, 0.15) is 5.41 Å². The summed E-state index contributed by atoms with van der Waals surface area (Å²) >= 11 is 0. The molecular weight excluding hydrogens is 270 g/mol. The Hall–Kier alpha value is -1.14. The van der Waals surface area contributed by atoms with Crippen LogP contribution in [0.4, 0.5) is 0 Å². The second kappa shape index (κ2) is 7.22. The monoisotopic (exact) mass is 297 g/mol. The average Bonchev–Trinajstić information content (AvgIpc) is 3.30. The maximum atomic E-state index is 12.3. The minimum absolute atomic E-state index is 0.110. The van der Waals surface area contributed by atoms with Gasteiger partial charge in [-0.1, -0.05) is 6.92 Å². The van der Waals surface area contributed by atoms with Crippen molar-refractivity contribution in [1.29, 1.82) is 0 Å². The summed E-state index contributed by atoms with van der Waals surface area (Å²) in [7, 11) is 0. The van der Waals surface area contributed by atoms with Crippen LogP contribution in [0.25, 0.3) is 0 Å². The standard InChI is InChI=1S/C15H27N3O3/c1-3-12(2)17-14(20)15(4-5-15)13(19)16-6-7-18-8-10-21-11-9-18/h12H,3-11H2,1-2H3,(H,16,19)(H,17,20). The van der Waals surface area contributed by atoms with E-state index in [1.165, 1.54) is 0 Å². The summed E-state index contributed by atoms with van der Waals surface area (Å²) in [5.74, 6) is -0.225. The van der Waals surface area contributed by atoms with E-state index in [0.29, 0.717) is 19.4 Å². The predicted octanol–water partition coefficient (Wildman–Crippen LogP) is 0.130. The molecule has 2 aliphatic rings. The van der Waals surface area contributed by atoms with Crippen LogP contribution < -0.4 is 10.6 Å². The summed E-state index contributed by atoms with van der Waals surface area (Å²) in [5, 5.41) is 5.85. The van der Waals surface area contributed by atoms with Crippen molar-refractivity contribution in [2.75, 3.05) is 39.4 Å². The molecule has 0 spiro atoms. The Labute approximate surface area is 126 Å². The molecule has 0 bridgehead atoms. The summed E-state index contributed by atoms with van der Waals surface area (Å²) in [5.41, 5.74) is -0.797. The van der Waals surface area contributed by atoms with Gasteiger partial charge in [-0.25, -0.2) is 0 Å². The number of hydrogen-bond donors (Lipinski definition) is 2. The highest BCUT2D eigenvalue weighted by Gasteiger charge is 2.56. The number of rotatable bonds is 7. The highest BCUT2D eigenvalue weighted by Crippen LogP contribution is 2.46. The van der Waals surface area contributed by atoms with Crippen LogP contribution in [-0.2, 0) is 14.3 Å². The zero-order valence-corrected chi connectivity index (χ0v) is 13.1. The fourth-order valence-electron chi connectivity index (χ4n) is 2.47. The molecule has 1 heterocycles. The number of morpholine rings is 1. The SMILES string of the molecule is CCC(C)NC(=O)C1(C(=O)NCCN2CCOCC2)CC1. The predicted molar refractivity (Wildman–Crippen MR) is 79.8 cm³/mol. The quantitative estimate of drug-likeness (QED) is 0.655. The van der Waals surface area contributed by atoms with E-state index in [9.17, 15) is 9.59 Å². The minimum atomic E-state index is -0.797. The summed E-state index contributed by atoms with van der Waals surface area (Å²) in [6.45, 7) is 8.74. The van der Waals surface area contributed by atoms with Gasteiger partial charge in [0.25, 0.3) is 0 Å². The molecule has 1 aliphatic carbocycles. The van der Waals surface area contributed by atoms with Crippen molar-refractivity contribution in [3.8, 4) is 0 Å². The van der Waals surface area contributed by atoms with Crippen molar-refractivity contribution >= 4 is 11.8 Å². The molecule has 0 radical (unpaired) electrons. The Morgan fingerprint density at radius 2 is 1.90 bits per heavy atom. The molecule has 6 heteroatoms. The summed E-state index contributed by atoms with van der Waals surface area (Å²) in [6.07, 6.45) is 2.21. The van der Waals surface area contributed by atoms with Crippen molar-refractivity contribution in [2.45, 2.75) is 39.2 Å². The van der Waals surface area contributed by atoms with Gasteiger partial charge in [-0.15, -0.1) is 0 Å². The molecule has 2 rings (SSSR count). The van der Waals surface area contributed by atoms with E-state index in [-0.39, 0.29) is 17.9 Å². The highest BCUT2D eigenvalue weighted by atomic mass is 16.5. The van der Waals surface area contributed by atoms with E-state index in [4.69, 9.17) is 4.74 Å². The topological polar surface area (TPSA) is 70.7 Å². The van der Waals surface area contributed by atoms with Crippen LogP contribution in [0, 0.1) is 5.41 Å². The van der Waals surface area contributed by atoms with Crippen molar-refractivity contribution in [3.63, 3.8) is 0 Å². The second-order valence-electron chi connectivity index (χ2n) is 6.07. The van der Waals surface area contributed by atoms with E-state index in [0.717, 1.165) is 39.3 Å². The fourth-order valence-corrected chi connectivity index (χ4v) is 2.47. The lowest BCUT2D eigenvalue weighted by Crippen LogP contribution is -2.47. The number of ether oxygens (including phenoxy) is 1. The molecule has 2 fully saturated rings. The molecule has 1 saturated carbocycles. The maximum Gasteiger partial charge on any atom is 0.235 e. The Kier molecular flexibility index (Phi) is 5.58. The van der Waals surface area contributed by atoms with Crippen molar-refractivity contribution in [2.24, 2.45) is 5.41 Å². The van der Waals surface area contributed by atoms with Gasteiger partial charge in [0.15, 0.2) is 0 Å². The first kappa shape index (κ1) is 16.2. The van der Waals surface area contributed by atoms with Crippen molar-refractivity contribution in [1.82, 2.24) is 15.5 Å². The first-order valence-electron chi connectivity index (χ1n) is 7.98. The van der Waals surface area contributed by atoms with Gasteiger partial charge >= 0.3 is 0 Å². The summed E-state index contributed by atoms with van der Waals surface area (Å²) in [6, 6.07) is 0.121. The van der Waals surface area contributed by atoms with Crippen molar-refractivity contribution < 1.29 is 14.3 Å². The summed E-state index contributed by atoms with van der Waals surface area (Å²) in [4.78, 5) is 26.7. The molecule has 0 aromatic rings. The molecule has 0 aromatic carbocycles. The second-order valence-corrected chi connectivity index (χ2v) is 6.07. The van der Waals surface area contributed by atoms with E-state index in [1.54, 1.807) is 0 Å². The zero-order chi connectivity index (χ0) is 15.3. The van der Waals surface area contributed by atoms with Crippen molar-refractivity contribution in [3.05, 3.63) is 0 Å². The molecular formula is C15H27N3O3. The smallest absolute Gasteiger partial charge is 0.235 e. The van der Waals surface area contributed by atoms with Crippen LogP contribution >= 0.6 is 0 Å². The molecule has 6 nitrogen and oxygen atoms in total. The van der Waals surface area contributed by atoms with Gasteiger partial charge in [0.2, 0.25) is 11.8 Å². The molecule has 2 N–H and O–H groups in total. The van der Waals surface area contributed by atoms with Crippen LogP contribution in [0.2, 0.25) is 0 Å². The number of carbonyl (C=O) groups is 2. The number of hydrogen-bond acceptors (Lipinski definition) is 4. The van der Waals surface area contributed by atoms with Crippen LogP contribution in [0.15, 0.2) is 0 Å². The van der Waals surface area contributed by atoms with Gasteiger partial charge in [-0.05, 0) is 26.2 Å². The fraction of sp³-hybridized carbons (Fsp3) is 0.867. The lowest BCUT2D eigenvalue weighted by Gasteiger charge is -2.26. The Morgan fingerprint density at radius 3 is 2.48 bits per heavy atom. The van der Waals surface area contributed by atoms with Gasteiger partial charge in [-0.3, -0.25) is 14.5 Å². The average molecular weight is 297 g/mol. The number of nitrogens with zero attached hydrogens (tertiary/aromatic N) is 1. The normalized spacial score (nSPS) is 22.4. The first-order chi connectivity index (χ1) is 10.1. The number of carbonyl (C=O) groups excluding carboxylic acids is 2. The maximum absolute atomic E-state index is 12.3. The van der Waals surface area contributed by atoms with Gasteiger partial charge < -0.3 is 15.4 Å². The third-order valence-corrected chi connectivity index (χ3v) is 4.43. The Balaban J connectivity index is 1.73. The molecule has 1 unspecified atom stereocenters. The third kappa shape index (κ3) is 4.17.